The molecule has 1 heterocycles. The predicted octanol–water partition coefficient (Wildman–Crippen LogP) is 6.57. The molecule has 38 heavy (non-hydrogen) atoms. The molecule has 3 aromatic carbocycles. The molecule has 0 aliphatic heterocycles. The third-order valence-electron chi connectivity index (χ3n) is 5.64. The van der Waals surface area contributed by atoms with Crippen LogP contribution in [0.25, 0.3) is 11.4 Å². The first-order valence-electron chi connectivity index (χ1n) is 11.5. The second-order valence-electron chi connectivity index (χ2n) is 9.34. The molecule has 0 aliphatic carbocycles. The van der Waals surface area contributed by atoms with Gasteiger partial charge in [-0.3, -0.25) is 4.72 Å². The monoisotopic (exact) mass is 548 g/mol. The molecule has 0 saturated heterocycles. The number of para-hydroxylation sites is 2. The first-order chi connectivity index (χ1) is 18.0. The third kappa shape index (κ3) is 5.88. The summed E-state index contributed by atoms with van der Waals surface area (Å²) in [6.45, 7) is 6.14. The lowest BCUT2D eigenvalue weighted by atomic mass is 9.87. The average molecular weight is 549 g/mol. The summed E-state index contributed by atoms with van der Waals surface area (Å²) in [6, 6.07) is 22.0. The number of aromatic nitrogens is 2. The summed E-state index contributed by atoms with van der Waals surface area (Å²) in [6.07, 6.45) is 0. The van der Waals surface area contributed by atoms with E-state index in [0.29, 0.717) is 22.6 Å². The van der Waals surface area contributed by atoms with Crippen molar-refractivity contribution in [2.24, 2.45) is 0 Å². The van der Waals surface area contributed by atoms with Crippen LogP contribution < -0.4 is 14.2 Å². The van der Waals surface area contributed by atoms with Gasteiger partial charge in [-0.25, -0.2) is 18.4 Å². The van der Waals surface area contributed by atoms with E-state index in [1.165, 1.54) is 19.2 Å². The highest BCUT2D eigenvalue weighted by Gasteiger charge is 2.24. The Labute approximate surface area is 226 Å². The molecule has 0 amide bonds. The van der Waals surface area contributed by atoms with Crippen molar-refractivity contribution in [2.75, 3.05) is 11.8 Å². The van der Waals surface area contributed by atoms with Crippen molar-refractivity contribution in [3.05, 3.63) is 89.1 Å². The lowest BCUT2D eigenvalue weighted by Gasteiger charge is -2.19. The van der Waals surface area contributed by atoms with E-state index in [4.69, 9.17) is 26.3 Å². The van der Waals surface area contributed by atoms with Gasteiger partial charge in [-0.1, -0.05) is 56.6 Å². The standard InChI is InChI=1S/C28H25ClN4O4S/c1-28(2,3)20-13-15-21(16-14-20)38(34,35)33-27-24(37-23-8-6-5-7-22(23)36-4)25(29)31-26(32-27)19-11-9-18(17-30)10-12-19/h5-16H,1-4H3,(H,31,32,33). The summed E-state index contributed by atoms with van der Waals surface area (Å²) >= 11 is 6.53. The van der Waals surface area contributed by atoms with E-state index in [9.17, 15) is 8.42 Å². The summed E-state index contributed by atoms with van der Waals surface area (Å²) in [5, 5.41) is 8.98. The minimum atomic E-state index is -4.09. The molecule has 10 heteroatoms. The van der Waals surface area contributed by atoms with Crippen LogP contribution in [0.4, 0.5) is 5.82 Å². The summed E-state index contributed by atoms with van der Waals surface area (Å²) < 4.78 is 40.6. The highest BCUT2D eigenvalue weighted by Crippen LogP contribution is 2.40. The summed E-state index contributed by atoms with van der Waals surface area (Å²) in [5.41, 5.74) is 1.84. The number of halogens is 1. The Morgan fingerprint density at radius 1 is 0.921 bits per heavy atom. The van der Waals surface area contributed by atoms with Crippen molar-refractivity contribution in [2.45, 2.75) is 31.1 Å². The van der Waals surface area contributed by atoms with E-state index >= 15 is 0 Å². The minimum absolute atomic E-state index is 0.0448. The second kappa shape index (κ2) is 10.7. The number of hydrogen-bond acceptors (Lipinski definition) is 7. The highest BCUT2D eigenvalue weighted by molar-refractivity contribution is 7.92. The SMILES string of the molecule is COc1ccccc1Oc1c(Cl)nc(-c2ccc(C#N)cc2)nc1NS(=O)(=O)c1ccc(C(C)(C)C)cc1. The molecule has 1 N–H and O–H groups in total. The number of ether oxygens (including phenoxy) is 2. The van der Waals surface area contributed by atoms with Crippen molar-refractivity contribution in [3.63, 3.8) is 0 Å². The van der Waals surface area contributed by atoms with Crippen LogP contribution >= 0.6 is 11.6 Å². The number of sulfonamides is 1. The van der Waals surface area contributed by atoms with Crippen LogP contribution in [0.1, 0.15) is 31.9 Å². The fourth-order valence-corrected chi connectivity index (χ4v) is 4.75. The predicted molar refractivity (Wildman–Crippen MR) is 146 cm³/mol. The van der Waals surface area contributed by atoms with Crippen LogP contribution in [0.3, 0.4) is 0 Å². The molecule has 0 aliphatic rings. The van der Waals surface area contributed by atoms with Crippen LogP contribution in [0.15, 0.2) is 77.7 Å². The van der Waals surface area contributed by atoms with Crippen molar-refractivity contribution < 1.29 is 17.9 Å². The first-order valence-corrected chi connectivity index (χ1v) is 13.4. The van der Waals surface area contributed by atoms with E-state index in [2.05, 4.69) is 14.7 Å². The molecule has 0 spiro atoms. The van der Waals surface area contributed by atoms with Gasteiger partial charge in [0.05, 0.1) is 23.6 Å². The molecule has 0 unspecified atom stereocenters. The summed E-state index contributed by atoms with van der Waals surface area (Å²) in [7, 11) is -2.60. The number of benzene rings is 3. The Hall–Kier alpha value is -4.13. The van der Waals surface area contributed by atoms with Gasteiger partial charge >= 0.3 is 0 Å². The van der Waals surface area contributed by atoms with Crippen molar-refractivity contribution in [3.8, 4) is 34.7 Å². The molecule has 0 atom stereocenters. The van der Waals surface area contributed by atoms with Crippen molar-refractivity contribution in [1.82, 2.24) is 9.97 Å². The number of hydrogen-bond donors (Lipinski definition) is 1. The van der Waals surface area contributed by atoms with E-state index in [-0.39, 0.29) is 32.9 Å². The van der Waals surface area contributed by atoms with Crippen LogP contribution in [-0.2, 0) is 15.4 Å². The second-order valence-corrected chi connectivity index (χ2v) is 11.4. The first kappa shape index (κ1) is 26.9. The van der Waals surface area contributed by atoms with E-state index < -0.39 is 10.0 Å². The summed E-state index contributed by atoms with van der Waals surface area (Å²) in [4.78, 5) is 8.81. The van der Waals surface area contributed by atoms with Crippen molar-refractivity contribution >= 4 is 27.4 Å². The Balaban J connectivity index is 1.80. The van der Waals surface area contributed by atoms with Gasteiger partial charge in [0, 0.05) is 5.56 Å². The number of nitrogens with zero attached hydrogens (tertiary/aromatic N) is 3. The maximum atomic E-state index is 13.4. The molecule has 0 radical (unpaired) electrons. The Morgan fingerprint density at radius 2 is 1.55 bits per heavy atom. The van der Waals surface area contributed by atoms with Gasteiger partial charge in [-0.15, -0.1) is 0 Å². The lowest BCUT2D eigenvalue weighted by Crippen LogP contribution is -2.16. The molecule has 4 rings (SSSR count). The highest BCUT2D eigenvalue weighted by atomic mass is 35.5. The molecular weight excluding hydrogens is 524 g/mol. The van der Waals surface area contributed by atoms with Crippen LogP contribution in [0.5, 0.6) is 17.2 Å². The maximum absolute atomic E-state index is 13.4. The quantitative estimate of drug-likeness (QED) is 0.260. The molecule has 194 valence electrons. The zero-order chi connectivity index (χ0) is 27.5. The zero-order valence-corrected chi connectivity index (χ0v) is 22.8. The van der Waals surface area contributed by atoms with Crippen LogP contribution in [0, 0.1) is 11.3 Å². The largest absolute Gasteiger partial charge is 0.493 e. The number of nitrogens with one attached hydrogen (secondary N) is 1. The number of anilines is 1. The Kier molecular flexibility index (Phi) is 7.58. The molecule has 0 saturated carbocycles. The van der Waals surface area contributed by atoms with Crippen LogP contribution in [0.2, 0.25) is 5.15 Å². The smallest absolute Gasteiger partial charge is 0.263 e. The number of nitriles is 1. The molecule has 8 nitrogen and oxygen atoms in total. The van der Waals surface area contributed by atoms with Gasteiger partial charge in [0.15, 0.2) is 28.3 Å². The van der Waals surface area contributed by atoms with E-state index in [1.54, 1.807) is 60.7 Å². The average Bonchev–Trinajstić information content (AvgIpc) is 2.90. The number of methoxy groups -OCH3 is 1. The zero-order valence-electron chi connectivity index (χ0n) is 21.2. The molecule has 0 fully saturated rings. The van der Waals surface area contributed by atoms with Crippen LogP contribution in [-0.4, -0.2) is 25.5 Å². The van der Waals surface area contributed by atoms with Gasteiger partial charge in [0.2, 0.25) is 5.75 Å². The lowest BCUT2D eigenvalue weighted by molar-refractivity contribution is 0.378. The topological polar surface area (TPSA) is 114 Å². The Morgan fingerprint density at radius 3 is 2.13 bits per heavy atom. The molecule has 0 bridgehead atoms. The number of rotatable bonds is 7. The van der Waals surface area contributed by atoms with E-state index in [1.807, 2.05) is 26.8 Å². The minimum Gasteiger partial charge on any atom is -0.493 e. The van der Waals surface area contributed by atoms with E-state index in [0.717, 1.165) is 5.56 Å². The molecule has 1 aromatic heterocycles. The van der Waals surface area contributed by atoms with Gasteiger partial charge in [-0.05, 0) is 59.5 Å². The third-order valence-corrected chi connectivity index (χ3v) is 7.25. The van der Waals surface area contributed by atoms with Gasteiger partial charge in [-0.2, -0.15) is 5.26 Å². The van der Waals surface area contributed by atoms with Gasteiger partial charge in [0.1, 0.15) is 0 Å². The van der Waals surface area contributed by atoms with Crippen molar-refractivity contribution in [1.29, 1.82) is 5.26 Å². The normalized spacial score (nSPS) is 11.5. The maximum Gasteiger partial charge on any atom is 0.263 e. The fourth-order valence-electron chi connectivity index (χ4n) is 3.54. The van der Waals surface area contributed by atoms with Gasteiger partial charge in [0.25, 0.3) is 10.0 Å². The fraction of sp³-hybridized carbons (Fsp3) is 0.179. The summed E-state index contributed by atoms with van der Waals surface area (Å²) in [5.74, 6) is 0.596. The Bertz CT molecular complexity index is 1610. The molecular formula is C28H25ClN4O4S. The van der Waals surface area contributed by atoms with Gasteiger partial charge < -0.3 is 9.47 Å². The molecule has 4 aromatic rings.